The van der Waals surface area contributed by atoms with E-state index < -0.39 is 26.8 Å². The summed E-state index contributed by atoms with van der Waals surface area (Å²) in [5.41, 5.74) is 2.44. The Morgan fingerprint density at radius 1 is 1.11 bits per heavy atom. The van der Waals surface area contributed by atoms with Gasteiger partial charge in [-0.3, -0.25) is 4.79 Å². The van der Waals surface area contributed by atoms with Crippen LogP contribution in [0.4, 0.5) is 5.69 Å². The van der Waals surface area contributed by atoms with Crippen molar-refractivity contribution < 1.29 is 27.4 Å². The lowest BCUT2D eigenvalue weighted by molar-refractivity contribution is -0.0350. The number of methoxy groups -OCH3 is 2. The van der Waals surface area contributed by atoms with Gasteiger partial charge in [-0.25, -0.2) is 13.1 Å². The molecule has 1 saturated carbocycles. The van der Waals surface area contributed by atoms with E-state index in [0.29, 0.717) is 30.3 Å². The normalized spacial score (nSPS) is 28.8. The summed E-state index contributed by atoms with van der Waals surface area (Å²) in [4.78, 5) is 15.7. The number of rotatable bonds is 2. The van der Waals surface area contributed by atoms with Crippen molar-refractivity contribution >= 4 is 33.2 Å². The average molecular weight is 669 g/mol. The van der Waals surface area contributed by atoms with E-state index >= 15 is 0 Å². The molecule has 5 rings (SSSR count). The minimum absolute atomic E-state index is 0.114. The van der Waals surface area contributed by atoms with E-state index in [1.54, 1.807) is 39.3 Å². The molecule has 1 aliphatic carbocycles. The lowest BCUT2D eigenvalue weighted by Crippen LogP contribution is -2.50. The van der Waals surface area contributed by atoms with Gasteiger partial charge < -0.3 is 19.1 Å². The monoisotopic (exact) mass is 668 g/mol. The zero-order valence-corrected chi connectivity index (χ0v) is 28.8. The van der Waals surface area contributed by atoms with Gasteiger partial charge in [0.05, 0.1) is 10.9 Å². The summed E-state index contributed by atoms with van der Waals surface area (Å²) in [6, 6.07) is 11.1. The maximum Gasteiger partial charge on any atom is 0.264 e. The van der Waals surface area contributed by atoms with Crippen LogP contribution in [0.2, 0.25) is 5.02 Å². The van der Waals surface area contributed by atoms with Crippen molar-refractivity contribution in [3.8, 4) is 17.6 Å². The molecule has 10 heteroatoms. The number of anilines is 1. The van der Waals surface area contributed by atoms with E-state index in [4.69, 9.17) is 25.8 Å². The quantitative estimate of drug-likeness (QED) is 0.302. The predicted octanol–water partition coefficient (Wildman–Crippen LogP) is 6.17. The van der Waals surface area contributed by atoms with Gasteiger partial charge in [0.2, 0.25) is 10.0 Å². The van der Waals surface area contributed by atoms with Crippen molar-refractivity contribution in [1.82, 2.24) is 4.72 Å². The first-order chi connectivity index (χ1) is 22.1. The van der Waals surface area contributed by atoms with Crippen LogP contribution in [0.1, 0.15) is 67.4 Å². The molecule has 2 aliphatic heterocycles. The Balaban J connectivity index is 1.59. The third-order valence-corrected chi connectivity index (χ3v) is 12.0. The summed E-state index contributed by atoms with van der Waals surface area (Å²) in [6.07, 6.45) is 9.18. The summed E-state index contributed by atoms with van der Waals surface area (Å²) < 4.78 is 47.0. The number of nitrogens with zero attached hydrogens (tertiary/aromatic N) is 1. The molecule has 2 aromatic carbocycles. The van der Waals surface area contributed by atoms with Crippen molar-refractivity contribution in [2.75, 3.05) is 38.8 Å². The maximum atomic E-state index is 13.4. The van der Waals surface area contributed by atoms with Crippen LogP contribution in [-0.2, 0) is 32.5 Å². The van der Waals surface area contributed by atoms with Gasteiger partial charge in [-0.15, -0.1) is 0 Å². The topological polar surface area (TPSA) is 94.2 Å². The Morgan fingerprint density at radius 2 is 1.93 bits per heavy atom. The van der Waals surface area contributed by atoms with Gasteiger partial charge in [-0.2, -0.15) is 0 Å². The van der Waals surface area contributed by atoms with Crippen LogP contribution in [0, 0.1) is 29.6 Å². The van der Waals surface area contributed by atoms with Crippen LogP contribution < -0.4 is 14.4 Å². The second kappa shape index (κ2) is 14.8. The SMILES string of the molecule is COCC#C[C@]1(OC)/C=C/C[C@H](C)[C@@H](C)S(=O)(=O)NC(=O)c2ccc3c(c2)N(CCCCc2cc(Cl)ccc2CO3)C[C@@H]2CC[C@H]21. The van der Waals surface area contributed by atoms with Gasteiger partial charge in [0.15, 0.2) is 0 Å². The molecule has 46 heavy (non-hydrogen) atoms. The van der Waals surface area contributed by atoms with Gasteiger partial charge in [0.25, 0.3) is 5.91 Å². The number of carbonyl (C=O) groups is 1. The molecule has 1 amide bonds. The smallest absolute Gasteiger partial charge is 0.264 e. The van der Waals surface area contributed by atoms with Crippen LogP contribution in [0.5, 0.6) is 5.75 Å². The fourth-order valence-corrected chi connectivity index (χ4v) is 8.21. The van der Waals surface area contributed by atoms with Crippen LogP contribution in [0.3, 0.4) is 0 Å². The third kappa shape index (κ3) is 7.57. The molecule has 2 aromatic rings. The highest BCUT2D eigenvalue weighted by Gasteiger charge is 2.46. The van der Waals surface area contributed by atoms with E-state index in [9.17, 15) is 13.2 Å². The Kier molecular flexibility index (Phi) is 11.0. The second-order valence-electron chi connectivity index (χ2n) is 12.8. The highest BCUT2D eigenvalue weighted by molar-refractivity contribution is 7.90. The van der Waals surface area contributed by atoms with Gasteiger partial charge in [0.1, 0.15) is 24.6 Å². The molecule has 0 radical (unpaired) electrons. The first-order valence-corrected chi connectivity index (χ1v) is 18.1. The molecule has 3 aliphatic rings. The first-order valence-electron chi connectivity index (χ1n) is 16.1. The minimum atomic E-state index is -3.96. The van der Waals surface area contributed by atoms with E-state index in [-0.39, 0.29) is 29.9 Å². The molecule has 0 unspecified atom stereocenters. The van der Waals surface area contributed by atoms with Crippen molar-refractivity contribution in [2.24, 2.45) is 17.8 Å². The summed E-state index contributed by atoms with van der Waals surface area (Å²) in [5.74, 6) is 6.63. The number of carbonyl (C=O) groups excluding carboxylic acids is 1. The van der Waals surface area contributed by atoms with E-state index in [2.05, 4.69) is 21.5 Å². The fraction of sp³-hybridized carbons (Fsp3) is 0.528. The second-order valence-corrected chi connectivity index (χ2v) is 15.2. The molecule has 0 aromatic heterocycles. The number of hydrogen-bond donors (Lipinski definition) is 1. The molecular formula is C36H45ClN2O6S. The molecule has 2 bridgehead atoms. The number of aryl methyl sites for hydroxylation is 1. The Bertz CT molecular complexity index is 1620. The summed E-state index contributed by atoms with van der Waals surface area (Å²) in [5, 5.41) is -0.107. The molecule has 1 N–H and O–H groups in total. The number of halogens is 1. The number of benzene rings is 2. The molecular weight excluding hydrogens is 624 g/mol. The molecule has 5 atom stereocenters. The molecule has 2 heterocycles. The number of hydrogen-bond acceptors (Lipinski definition) is 7. The Labute approximate surface area is 278 Å². The minimum Gasteiger partial charge on any atom is -0.487 e. The van der Waals surface area contributed by atoms with Crippen molar-refractivity contribution in [3.05, 3.63) is 70.3 Å². The first kappa shape index (κ1) is 34.3. The Hall–Kier alpha value is -3.03. The van der Waals surface area contributed by atoms with Crippen molar-refractivity contribution in [1.29, 1.82) is 0 Å². The standard InChI is InChI=1S/C36H45ClN2O6S/c1-25-9-7-17-36(44-4,18-8-20-43-3)32-15-12-29(32)23-39-19-6-5-10-27-21-31(37)14-11-30(27)24-45-34-16-13-28(22-33(34)39)35(40)38-46(41,42)26(25)2/h7,11,13-14,16-17,21-22,25-26,29,32H,5-6,9-10,12,15,19-20,23-24H2,1-4H3,(H,38,40)/b17-7+/t25-,26+,29-,32+,36+/m0/s1. The van der Waals surface area contributed by atoms with Crippen molar-refractivity contribution in [3.63, 3.8) is 0 Å². The van der Waals surface area contributed by atoms with Gasteiger partial charge >= 0.3 is 0 Å². The van der Waals surface area contributed by atoms with E-state index in [1.807, 2.05) is 37.3 Å². The van der Waals surface area contributed by atoms with Crippen LogP contribution >= 0.6 is 11.6 Å². The summed E-state index contributed by atoms with van der Waals surface area (Å²) in [6.45, 7) is 5.59. The van der Waals surface area contributed by atoms with Crippen LogP contribution in [-0.4, -0.2) is 59.1 Å². The fourth-order valence-electron chi connectivity index (χ4n) is 6.73. The highest BCUT2D eigenvalue weighted by atomic mass is 35.5. The zero-order chi connectivity index (χ0) is 32.9. The van der Waals surface area contributed by atoms with Crippen LogP contribution in [0.25, 0.3) is 0 Å². The molecule has 248 valence electrons. The summed E-state index contributed by atoms with van der Waals surface area (Å²) >= 11 is 6.35. The highest BCUT2D eigenvalue weighted by Crippen LogP contribution is 2.46. The third-order valence-electron chi connectivity index (χ3n) is 9.90. The number of nitrogens with one attached hydrogen (secondary N) is 1. The maximum absolute atomic E-state index is 13.4. The molecule has 8 nitrogen and oxygen atoms in total. The lowest BCUT2D eigenvalue weighted by Gasteiger charge is -2.47. The molecule has 1 fully saturated rings. The van der Waals surface area contributed by atoms with Crippen molar-refractivity contribution in [2.45, 2.75) is 69.8 Å². The van der Waals surface area contributed by atoms with Gasteiger partial charge in [0, 0.05) is 43.8 Å². The van der Waals surface area contributed by atoms with Gasteiger partial charge in [-0.1, -0.05) is 42.5 Å². The predicted molar refractivity (Wildman–Crippen MR) is 182 cm³/mol. The average Bonchev–Trinajstić information content (AvgIpc) is 3.05. The number of allylic oxidation sites excluding steroid dienone is 1. The molecule has 0 spiro atoms. The number of amides is 1. The largest absolute Gasteiger partial charge is 0.487 e. The van der Waals surface area contributed by atoms with E-state index in [0.717, 1.165) is 49.9 Å². The number of ether oxygens (including phenoxy) is 3. The number of sulfonamides is 1. The number of fused-ring (bicyclic) bond motifs is 3. The Morgan fingerprint density at radius 3 is 2.67 bits per heavy atom. The molecule has 0 saturated heterocycles. The summed E-state index contributed by atoms with van der Waals surface area (Å²) in [7, 11) is -0.650. The van der Waals surface area contributed by atoms with Crippen LogP contribution in [0.15, 0.2) is 48.6 Å². The van der Waals surface area contributed by atoms with E-state index in [1.165, 1.54) is 5.56 Å². The zero-order valence-electron chi connectivity index (χ0n) is 27.2. The lowest BCUT2D eigenvalue weighted by atomic mass is 9.64. The van der Waals surface area contributed by atoms with Gasteiger partial charge in [-0.05, 0) is 105 Å².